The van der Waals surface area contributed by atoms with E-state index in [0.717, 1.165) is 38.0 Å². The number of carbonyl (C=O) groups is 2. The molecule has 1 atom stereocenters. The van der Waals surface area contributed by atoms with Crippen molar-refractivity contribution in [2.45, 2.75) is 64.8 Å². The molecule has 0 aliphatic carbocycles. The van der Waals surface area contributed by atoms with Crippen molar-refractivity contribution in [1.82, 2.24) is 4.90 Å². The van der Waals surface area contributed by atoms with Crippen molar-refractivity contribution in [3.05, 3.63) is 24.3 Å². The van der Waals surface area contributed by atoms with Gasteiger partial charge in [-0.3, -0.25) is 9.59 Å². The van der Waals surface area contributed by atoms with E-state index in [1.807, 2.05) is 26.0 Å². The van der Waals surface area contributed by atoms with Crippen LogP contribution in [-0.2, 0) is 9.59 Å². The van der Waals surface area contributed by atoms with Gasteiger partial charge in [0.05, 0.1) is 0 Å². The van der Waals surface area contributed by atoms with Gasteiger partial charge in [-0.2, -0.15) is 0 Å². The van der Waals surface area contributed by atoms with Crippen molar-refractivity contribution in [2.75, 3.05) is 29.9 Å². The number of nitrogens with one attached hydrogen (secondary N) is 1. The Hall–Kier alpha value is -2.04. The maximum atomic E-state index is 12.8. The maximum Gasteiger partial charge on any atom is 0.247 e. The number of piperidine rings is 1. The van der Waals surface area contributed by atoms with E-state index in [9.17, 15) is 9.59 Å². The molecule has 1 N–H and O–H groups in total. The third kappa shape index (κ3) is 5.02. The minimum atomic E-state index is -0.348. The molecule has 1 aromatic carbocycles. The molecule has 0 saturated carbocycles. The fourth-order valence-corrected chi connectivity index (χ4v) is 4.11. The molecule has 0 bridgehead atoms. The average molecular weight is 372 g/mol. The molecular formula is C22H33N3O2. The molecule has 1 aromatic rings. The molecule has 0 aromatic heterocycles. The summed E-state index contributed by atoms with van der Waals surface area (Å²) in [6, 6.07) is 7.81. The van der Waals surface area contributed by atoms with E-state index in [-0.39, 0.29) is 23.8 Å². The van der Waals surface area contributed by atoms with E-state index in [2.05, 4.69) is 22.3 Å². The largest absolute Gasteiger partial charge is 0.372 e. The fraction of sp³-hybridized carbons (Fsp3) is 0.636. The minimum Gasteiger partial charge on any atom is -0.372 e. The number of rotatable bonds is 4. The van der Waals surface area contributed by atoms with E-state index in [1.165, 1.54) is 31.4 Å². The lowest BCUT2D eigenvalue weighted by atomic mass is 9.99. The quantitative estimate of drug-likeness (QED) is 0.869. The van der Waals surface area contributed by atoms with Gasteiger partial charge in [-0.25, -0.2) is 0 Å². The summed E-state index contributed by atoms with van der Waals surface area (Å²) in [5, 5.41) is 3.03. The zero-order valence-electron chi connectivity index (χ0n) is 16.7. The molecule has 5 heteroatoms. The molecule has 1 unspecified atom stereocenters. The first kappa shape index (κ1) is 19.7. The van der Waals surface area contributed by atoms with Gasteiger partial charge in [-0.1, -0.05) is 26.7 Å². The number of carbonyl (C=O) groups excluding carboxylic acids is 2. The van der Waals surface area contributed by atoms with Crippen LogP contribution in [0.1, 0.15) is 58.8 Å². The molecule has 148 valence electrons. The Labute approximate surface area is 163 Å². The van der Waals surface area contributed by atoms with Gasteiger partial charge < -0.3 is 15.1 Å². The standard InChI is InChI=1S/C22H33N3O2/c1-17(2)22(27)25-16-8-5-9-20(25)21(26)23-18-10-12-19(13-11-18)24-14-6-3-4-7-15-24/h10-13,17,20H,3-9,14-16H2,1-2H3,(H,23,26). The van der Waals surface area contributed by atoms with E-state index in [4.69, 9.17) is 0 Å². The average Bonchev–Trinajstić information content (AvgIpc) is 2.97. The molecule has 2 saturated heterocycles. The lowest BCUT2D eigenvalue weighted by Gasteiger charge is -2.35. The van der Waals surface area contributed by atoms with Crippen molar-refractivity contribution >= 4 is 23.2 Å². The maximum absolute atomic E-state index is 12.8. The highest BCUT2D eigenvalue weighted by Gasteiger charge is 2.33. The molecule has 5 nitrogen and oxygen atoms in total. The second kappa shape index (κ2) is 9.25. The summed E-state index contributed by atoms with van der Waals surface area (Å²) in [6.45, 7) is 6.70. The molecule has 2 heterocycles. The number of hydrogen-bond donors (Lipinski definition) is 1. The van der Waals surface area contributed by atoms with Gasteiger partial charge >= 0.3 is 0 Å². The molecule has 0 radical (unpaired) electrons. The predicted molar refractivity (Wildman–Crippen MR) is 110 cm³/mol. The summed E-state index contributed by atoms with van der Waals surface area (Å²) >= 11 is 0. The van der Waals surface area contributed by atoms with Gasteiger partial charge in [-0.15, -0.1) is 0 Å². The van der Waals surface area contributed by atoms with Crippen LogP contribution in [0.25, 0.3) is 0 Å². The first-order valence-electron chi connectivity index (χ1n) is 10.5. The van der Waals surface area contributed by atoms with Crippen LogP contribution in [0.4, 0.5) is 11.4 Å². The van der Waals surface area contributed by atoms with Crippen LogP contribution >= 0.6 is 0 Å². The Morgan fingerprint density at radius 1 is 0.926 bits per heavy atom. The second-order valence-electron chi connectivity index (χ2n) is 8.14. The van der Waals surface area contributed by atoms with Crippen molar-refractivity contribution < 1.29 is 9.59 Å². The van der Waals surface area contributed by atoms with Gasteiger partial charge in [0, 0.05) is 36.9 Å². The van der Waals surface area contributed by atoms with Crippen LogP contribution in [0.2, 0.25) is 0 Å². The number of benzene rings is 1. The molecule has 2 aliphatic heterocycles. The molecule has 3 rings (SSSR count). The molecule has 2 aliphatic rings. The van der Waals surface area contributed by atoms with Gasteiger partial charge in [0.15, 0.2) is 0 Å². The lowest BCUT2D eigenvalue weighted by molar-refractivity contribution is -0.142. The minimum absolute atomic E-state index is 0.0637. The molecule has 0 spiro atoms. The zero-order valence-corrected chi connectivity index (χ0v) is 16.7. The van der Waals surface area contributed by atoms with Gasteiger partial charge in [-0.05, 0) is 56.4 Å². The summed E-state index contributed by atoms with van der Waals surface area (Å²) in [4.78, 5) is 29.5. The number of amides is 2. The Bertz CT molecular complexity index is 633. The summed E-state index contributed by atoms with van der Waals surface area (Å²) in [7, 11) is 0. The van der Waals surface area contributed by atoms with Crippen molar-refractivity contribution in [1.29, 1.82) is 0 Å². The Balaban J connectivity index is 1.63. The summed E-state index contributed by atoms with van der Waals surface area (Å²) in [6.07, 6.45) is 7.85. The summed E-state index contributed by atoms with van der Waals surface area (Å²) < 4.78 is 0. The van der Waals surface area contributed by atoms with Crippen molar-refractivity contribution in [3.63, 3.8) is 0 Å². The zero-order chi connectivity index (χ0) is 19.2. The lowest BCUT2D eigenvalue weighted by Crippen LogP contribution is -2.51. The van der Waals surface area contributed by atoms with Crippen molar-refractivity contribution in [3.8, 4) is 0 Å². The normalized spacial score (nSPS) is 21.1. The first-order valence-corrected chi connectivity index (χ1v) is 10.5. The van der Waals surface area contributed by atoms with E-state index >= 15 is 0 Å². The third-order valence-electron chi connectivity index (χ3n) is 5.69. The van der Waals surface area contributed by atoms with Crippen LogP contribution < -0.4 is 10.2 Å². The third-order valence-corrected chi connectivity index (χ3v) is 5.69. The molecule has 27 heavy (non-hydrogen) atoms. The molecule has 2 amide bonds. The van der Waals surface area contributed by atoms with Crippen LogP contribution in [-0.4, -0.2) is 42.4 Å². The smallest absolute Gasteiger partial charge is 0.247 e. The number of anilines is 2. The highest BCUT2D eigenvalue weighted by Crippen LogP contribution is 2.24. The fourth-order valence-electron chi connectivity index (χ4n) is 4.11. The highest BCUT2D eigenvalue weighted by molar-refractivity contribution is 5.97. The highest BCUT2D eigenvalue weighted by atomic mass is 16.2. The van der Waals surface area contributed by atoms with Crippen molar-refractivity contribution in [2.24, 2.45) is 5.92 Å². The van der Waals surface area contributed by atoms with Crippen LogP contribution in [0, 0.1) is 5.92 Å². The molecule has 2 fully saturated rings. The van der Waals surface area contributed by atoms with Crippen LogP contribution in [0.15, 0.2) is 24.3 Å². The Kier molecular flexibility index (Phi) is 6.75. The van der Waals surface area contributed by atoms with E-state index < -0.39 is 0 Å². The monoisotopic (exact) mass is 371 g/mol. The second-order valence-corrected chi connectivity index (χ2v) is 8.14. The number of likely N-dealkylation sites (tertiary alicyclic amines) is 1. The Morgan fingerprint density at radius 3 is 2.19 bits per heavy atom. The predicted octanol–water partition coefficient (Wildman–Crippen LogP) is 4.04. The SMILES string of the molecule is CC(C)C(=O)N1CCCCC1C(=O)Nc1ccc(N2CCCCCC2)cc1. The molecular weight excluding hydrogens is 338 g/mol. The summed E-state index contributed by atoms with van der Waals surface area (Å²) in [5.41, 5.74) is 2.03. The summed E-state index contributed by atoms with van der Waals surface area (Å²) in [5.74, 6) is -0.0658. The first-order chi connectivity index (χ1) is 13.1. The number of nitrogens with zero attached hydrogens (tertiary/aromatic N) is 2. The van der Waals surface area contributed by atoms with E-state index in [0.29, 0.717) is 6.54 Å². The van der Waals surface area contributed by atoms with Gasteiger partial charge in [0.1, 0.15) is 6.04 Å². The van der Waals surface area contributed by atoms with Gasteiger partial charge in [0.2, 0.25) is 11.8 Å². The topological polar surface area (TPSA) is 52.7 Å². The number of hydrogen-bond acceptors (Lipinski definition) is 3. The van der Waals surface area contributed by atoms with E-state index in [1.54, 1.807) is 4.90 Å². The van der Waals surface area contributed by atoms with Crippen LogP contribution in [0.3, 0.4) is 0 Å². The Morgan fingerprint density at radius 2 is 1.56 bits per heavy atom. The van der Waals surface area contributed by atoms with Gasteiger partial charge in [0.25, 0.3) is 0 Å². The van der Waals surface area contributed by atoms with Crippen LogP contribution in [0.5, 0.6) is 0 Å².